The van der Waals surface area contributed by atoms with Crippen molar-refractivity contribution in [2.24, 2.45) is 0 Å². The highest BCUT2D eigenvalue weighted by Gasteiger charge is 2.14. The van der Waals surface area contributed by atoms with Gasteiger partial charge in [-0.05, 0) is 25.5 Å². The molecular weight excluding hydrogens is 220 g/mol. The van der Waals surface area contributed by atoms with Gasteiger partial charge >= 0.3 is 5.97 Å². The number of nitrogens with zero attached hydrogens (tertiary/aromatic N) is 2. The van der Waals surface area contributed by atoms with E-state index in [0.717, 1.165) is 6.54 Å². The van der Waals surface area contributed by atoms with Crippen molar-refractivity contribution in [3.8, 4) is 0 Å². The maximum absolute atomic E-state index is 12.0. The van der Waals surface area contributed by atoms with E-state index in [1.165, 1.54) is 0 Å². The lowest BCUT2D eigenvalue weighted by Crippen LogP contribution is -2.29. The van der Waals surface area contributed by atoms with Crippen LogP contribution >= 0.6 is 0 Å². The van der Waals surface area contributed by atoms with Crippen LogP contribution in [0.4, 0.5) is 0 Å². The summed E-state index contributed by atoms with van der Waals surface area (Å²) in [7, 11) is 1.69. The molecule has 0 atom stereocenters. The van der Waals surface area contributed by atoms with Crippen LogP contribution in [-0.2, 0) is 11.3 Å². The van der Waals surface area contributed by atoms with E-state index in [4.69, 9.17) is 5.11 Å². The smallest absolute Gasteiger partial charge is 0.303 e. The molecule has 0 aromatic carbocycles. The Morgan fingerprint density at radius 2 is 2.18 bits per heavy atom. The van der Waals surface area contributed by atoms with E-state index in [1.54, 1.807) is 18.0 Å². The molecule has 0 bridgehead atoms. The van der Waals surface area contributed by atoms with Crippen LogP contribution in [0.2, 0.25) is 0 Å². The number of carboxylic acids is 1. The van der Waals surface area contributed by atoms with Gasteiger partial charge in [-0.2, -0.15) is 0 Å². The van der Waals surface area contributed by atoms with E-state index >= 15 is 0 Å². The van der Waals surface area contributed by atoms with E-state index in [1.807, 2.05) is 23.8 Å². The summed E-state index contributed by atoms with van der Waals surface area (Å²) in [6.45, 7) is 3.18. The van der Waals surface area contributed by atoms with Gasteiger partial charge in [0.05, 0.1) is 0 Å². The molecule has 0 aliphatic rings. The summed E-state index contributed by atoms with van der Waals surface area (Å²) < 4.78 is 1.87. The summed E-state index contributed by atoms with van der Waals surface area (Å²) >= 11 is 0. The molecule has 5 nitrogen and oxygen atoms in total. The second-order valence-electron chi connectivity index (χ2n) is 3.90. The fourth-order valence-corrected chi connectivity index (χ4v) is 1.65. The van der Waals surface area contributed by atoms with E-state index in [2.05, 4.69) is 0 Å². The zero-order valence-corrected chi connectivity index (χ0v) is 10.2. The number of carbonyl (C=O) groups excluding carboxylic acids is 1. The van der Waals surface area contributed by atoms with Gasteiger partial charge in [-0.1, -0.05) is 0 Å². The van der Waals surface area contributed by atoms with Crippen LogP contribution in [0.1, 0.15) is 30.3 Å². The molecule has 1 amide bonds. The Hall–Kier alpha value is -1.78. The van der Waals surface area contributed by atoms with Crippen molar-refractivity contribution in [2.75, 3.05) is 13.6 Å². The monoisotopic (exact) mass is 238 g/mol. The van der Waals surface area contributed by atoms with Crippen molar-refractivity contribution in [1.29, 1.82) is 0 Å². The zero-order chi connectivity index (χ0) is 12.8. The van der Waals surface area contributed by atoms with Crippen molar-refractivity contribution >= 4 is 11.9 Å². The number of hydrogen-bond donors (Lipinski definition) is 1. The van der Waals surface area contributed by atoms with Crippen LogP contribution in [0.15, 0.2) is 18.3 Å². The summed E-state index contributed by atoms with van der Waals surface area (Å²) in [5, 5.41) is 8.52. The van der Waals surface area contributed by atoms with Crippen molar-refractivity contribution in [1.82, 2.24) is 9.47 Å². The predicted octanol–water partition coefficient (Wildman–Crippen LogP) is 1.44. The molecule has 0 aliphatic carbocycles. The number of carboxylic acid groups (broad SMARTS) is 1. The molecule has 1 N–H and O–H groups in total. The van der Waals surface area contributed by atoms with Crippen LogP contribution in [0.25, 0.3) is 0 Å². The maximum atomic E-state index is 12.0. The quantitative estimate of drug-likeness (QED) is 0.815. The average Bonchev–Trinajstić information content (AvgIpc) is 2.75. The molecule has 94 valence electrons. The number of aromatic nitrogens is 1. The Morgan fingerprint density at radius 3 is 2.76 bits per heavy atom. The maximum Gasteiger partial charge on any atom is 0.303 e. The largest absolute Gasteiger partial charge is 0.481 e. The lowest BCUT2D eigenvalue weighted by Gasteiger charge is -2.17. The molecule has 1 rings (SSSR count). The van der Waals surface area contributed by atoms with Gasteiger partial charge in [0.1, 0.15) is 5.69 Å². The summed E-state index contributed by atoms with van der Waals surface area (Å²) in [5.74, 6) is -0.898. The topological polar surface area (TPSA) is 62.5 Å². The third-order valence-electron chi connectivity index (χ3n) is 2.62. The molecule has 17 heavy (non-hydrogen) atoms. The standard InChI is InChI=1S/C12H18N2O3/c1-3-14-9-4-6-10(14)12(17)13(2)8-5-7-11(15)16/h4,6,9H,3,5,7-8H2,1-2H3,(H,15,16). The van der Waals surface area contributed by atoms with Gasteiger partial charge in [-0.15, -0.1) is 0 Å². The van der Waals surface area contributed by atoms with Crippen molar-refractivity contribution in [3.63, 3.8) is 0 Å². The molecule has 0 spiro atoms. The van der Waals surface area contributed by atoms with Crippen LogP contribution < -0.4 is 0 Å². The summed E-state index contributed by atoms with van der Waals surface area (Å²) in [4.78, 5) is 24.0. The van der Waals surface area contributed by atoms with Crippen molar-refractivity contribution in [3.05, 3.63) is 24.0 Å². The Morgan fingerprint density at radius 1 is 1.47 bits per heavy atom. The number of rotatable bonds is 6. The number of hydrogen-bond acceptors (Lipinski definition) is 2. The number of aryl methyl sites for hydroxylation is 1. The molecule has 1 aromatic heterocycles. The molecule has 0 aliphatic heterocycles. The van der Waals surface area contributed by atoms with Gasteiger partial charge < -0.3 is 14.6 Å². The minimum Gasteiger partial charge on any atom is -0.481 e. The van der Waals surface area contributed by atoms with Gasteiger partial charge in [0.2, 0.25) is 0 Å². The highest BCUT2D eigenvalue weighted by molar-refractivity contribution is 5.92. The lowest BCUT2D eigenvalue weighted by molar-refractivity contribution is -0.137. The minimum atomic E-state index is -0.831. The first-order chi connectivity index (χ1) is 8.06. The average molecular weight is 238 g/mol. The van der Waals surface area contributed by atoms with Crippen LogP contribution in [0.5, 0.6) is 0 Å². The third kappa shape index (κ3) is 3.62. The molecule has 1 heterocycles. The van der Waals surface area contributed by atoms with Crippen molar-refractivity contribution < 1.29 is 14.7 Å². The van der Waals surface area contributed by atoms with Crippen LogP contribution in [-0.4, -0.2) is 40.0 Å². The molecule has 0 saturated heterocycles. The molecule has 0 radical (unpaired) electrons. The Bertz CT molecular complexity index is 398. The fourth-order valence-electron chi connectivity index (χ4n) is 1.65. The third-order valence-corrected chi connectivity index (χ3v) is 2.62. The van der Waals surface area contributed by atoms with Crippen LogP contribution in [0, 0.1) is 0 Å². The van der Waals surface area contributed by atoms with E-state index < -0.39 is 5.97 Å². The first-order valence-electron chi connectivity index (χ1n) is 5.68. The molecule has 0 unspecified atom stereocenters. The van der Waals surface area contributed by atoms with Gasteiger partial charge in [-0.25, -0.2) is 0 Å². The van der Waals surface area contributed by atoms with Crippen LogP contribution in [0.3, 0.4) is 0 Å². The lowest BCUT2D eigenvalue weighted by atomic mass is 10.3. The van der Waals surface area contributed by atoms with E-state index in [-0.39, 0.29) is 12.3 Å². The molecule has 1 aromatic rings. The summed E-state index contributed by atoms with van der Waals surface area (Å²) in [5.41, 5.74) is 0.644. The van der Waals surface area contributed by atoms with E-state index in [0.29, 0.717) is 18.7 Å². The number of amides is 1. The van der Waals surface area contributed by atoms with Gasteiger partial charge in [0.25, 0.3) is 5.91 Å². The van der Waals surface area contributed by atoms with E-state index in [9.17, 15) is 9.59 Å². The molecule has 5 heteroatoms. The second kappa shape index (κ2) is 6.08. The normalized spacial score (nSPS) is 10.2. The van der Waals surface area contributed by atoms with Gasteiger partial charge in [-0.3, -0.25) is 9.59 Å². The van der Waals surface area contributed by atoms with Gasteiger partial charge in [0, 0.05) is 32.8 Å². The van der Waals surface area contributed by atoms with Gasteiger partial charge in [0.15, 0.2) is 0 Å². The number of aliphatic carboxylic acids is 1. The Balaban J connectivity index is 2.54. The first kappa shape index (κ1) is 13.3. The van der Waals surface area contributed by atoms with Crippen molar-refractivity contribution in [2.45, 2.75) is 26.3 Å². The second-order valence-corrected chi connectivity index (χ2v) is 3.90. The SMILES string of the molecule is CCn1cccc1C(=O)N(C)CCCC(=O)O. The predicted molar refractivity (Wildman–Crippen MR) is 63.9 cm³/mol. The number of carbonyl (C=O) groups is 2. The Kier molecular flexibility index (Phi) is 4.75. The molecule has 0 fully saturated rings. The summed E-state index contributed by atoms with van der Waals surface area (Å²) in [6.07, 6.45) is 2.43. The summed E-state index contributed by atoms with van der Waals surface area (Å²) in [6, 6.07) is 3.61. The molecule has 0 saturated carbocycles. The highest BCUT2D eigenvalue weighted by Crippen LogP contribution is 2.06. The highest BCUT2D eigenvalue weighted by atomic mass is 16.4. The fraction of sp³-hybridized carbons (Fsp3) is 0.500. The Labute approximate surface area is 101 Å². The zero-order valence-electron chi connectivity index (χ0n) is 10.2. The molecular formula is C12H18N2O3. The minimum absolute atomic E-state index is 0.0674. The first-order valence-corrected chi connectivity index (χ1v) is 5.68.